The number of aromatic nitrogens is 2. The van der Waals surface area contributed by atoms with Gasteiger partial charge in [0.2, 0.25) is 0 Å². The van der Waals surface area contributed by atoms with E-state index in [0.717, 1.165) is 18.4 Å². The summed E-state index contributed by atoms with van der Waals surface area (Å²) < 4.78 is 1.73. The Bertz CT molecular complexity index is 653. The van der Waals surface area contributed by atoms with E-state index in [4.69, 9.17) is 5.26 Å². The maximum atomic E-state index is 11.8. The Morgan fingerprint density at radius 2 is 2.14 bits per heavy atom. The van der Waals surface area contributed by atoms with Crippen LogP contribution in [0.5, 0.6) is 0 Å². The fraction of sp³-hybridized carbons (Fsp3) is 0.312. The second-order valence-corrected chi connectivity index (χ2v) is 4.75. The van der Waals surface area contributed by atoms with Crippen molar-refractivity contribution in [1.82, 2.24) is 9.55 Å². The van der Waals surface area contributed by atoms with Gasteiger partial charge in [0, 0.05) is 0 Å². The average molecular weight is 281 g/mol. The number of hydrogen-bond acceptors (Lipinski definition) is 4. The lowest BCUT2D eigenvalue weighted by Crippen LogP contribution is -2.17. The molecule has 0 bridgehead atoms. The maximum Gasteiger partial charge on any atom is 0.185 e. The van der Waals surface area contributed by atoms with Crippen molar-refractivity contribution in [3.05, 3.63) is 47.9 Å². The summed E-state index contributed by atoms with van der Waals surface area (Å²) in [4.78, 5) is 8.08. The van der Waals surface area contributed by atoms with E-state index < -0.39 is 0 Å². The molecule has 2 rings (SSSR count). The predicted molar refractivity (Wildman–Crippen MR) is 79.1 cm³/mol. The Morgan fingerprint density at radius 3 is 2.81 bits per heavy atom. The molecule has 0 aliphatic heterocycles. The van der Waals surface area contributed by atoms with Crippen molar-refractivity contribution in [3.8, 4) is 6.07 Å². The van der Waals surface area contributed by atoms with E-state index in [1.165, 1.54) is 0 Å². The molecule has 0 unspecified atom stereocenters. The van der Waals surface area contributed by atoms with Crippen molar-refractivity contribution < 1.29 is 5.11 Å². The van der Waals surface area contributed by atoms with Crippen molar-refractivity contribution in [3.63, 3.8) is 0 Å². The fourth-order valence-corrected chi connectivity index (χ4v) is 1.97. The minimum Gasteiger partial charge on any atom is -0.862 e. The first-order valence-corrected chi connectivity index (χ1v) is 6.98. The topological polar surface area (TPSA) is 77.0 Å². The Balaban J connectivity index is 2.27. The Hall–Kier alpha value is -2.61. The molecule has 0 atom stereocenters. The molecule has 0 aliphatic carbocycles. The largest absolute Gasteiger partial charge is 0.862 e. The molecule has 0 saturated carbocycles. The third kappa shape index (κ3) is 3.93. The van der Waals surface area contributed by atoms with Gasteiger partial charge in [-0.3, -0.25) is 0 Å². The van der Waals surface area contributed by atoms with E-state index in [0.29, 0.717) is 18.8 Å². The summed E-state index contributed by atoms with van der Waals surface area (Å²) in [7, 11) is 0. The van der Waals surface area contributed by atoms with Crippen LogP contribution in [0.1, 0.15) is 37.4 Å². The first-order chi connectivity index (χ1) is 10.2. The minimum absolute atomic E-state index is 0.191. The van der Waals surface area contributed by atoms with Gasteiger partial charge in [0.25, 0.3) is 0 Å². The van der Waals surface area contributed by atoms with Gasteiger partial charge in [0.05, 0.1) is 12.9 Å². The minimum atomic E-state index is -0.205. The lowest BCUT2D eigenvalue weighted by atomic mass is 10.2. The van der Waals surface area contributed by atoms with Gasteiger partial charge in [-0.25, -0.2) is 9.98 Å². The number of unbranched alkanes of at least 4 members (excludes halogenated alkanes) is 1. The molecule has 2 aromatic rings. The van der Waals surface area contributed by atoms with Gasteiger partial charge in [0.15, 0.2) is 11.5 Å². The van der Waals surface area contributed by atoms with Crippen LogP contribution in [0.4, 0.5) is 5.82 Å². The molecule has 0 N–H and O–H groups in total. The molecule has 1 heterocycles. The summed E-state index contributed by atoms with van der Waals surface area (Å²) in [5.41, 5.74) is 1.26. The molecule has 108 valence electrons. The molecular weight excluding hydrogens is 264 g/mol. The molecule has 1 aromatic heterocycles. The van der Waals surface area contributed by atoms with Crippen molar-refractivity contribution in [1.29, 1.82) is 5.26 Å². The monoisotopic (exact) mass is 281 g/mol. The van der Waals surface area contributed by atoms with Crippen LogP contribution in [-0.4, -0.2) is 15.4 Å². The van der Waals surface area contributed by atoms with E-state index in [2.05, 4.69) is 9.98 Å². The van der Waals surface area contributed by atoms with Gasteiger partial charge < -0.3 is 9.67 Å². The summed E-state index contributed by atoms with van der Waals surface area (Å²) in [6, 6.07) is 11.8. The zero-order valence-corrected chi connectivity index (χ0v) is 12.0. The van der Waals surface area contributed by atoms with Gasteiger partial charge in [-0.05, 0) is 24.3 Å². The van der Waals surface area contributed by atoms with E-state index in [-0.39, 0.29) is 11.6 Å². The molecule has 0 aliphatic rings. The van der Waals surface area contributed by atoms with Crippen LogP contribution in [0.15, 0.2) is 41.7 Å². The van der Waals surface area contributed by atoms with Crippen LogP contribution in [0, 0.1) is 11.3 Å². The van der Waals surface area contributed by atoms with Crippen molar-refractivity contribution >= 4 is 11.7 Å². The van der Waals surface area contributed by atoms with Crippen LogP contribution in [0.2, 0.25) is 0 Å². The standard InChI is InChI=1S/C16H18N4O/c1-2-3-9-15(21)19-16-14(10-17)18-12-20(16)11-13-7-5-4-6-8-13/h4-8,12H,2-3,9,11H2,1H3,(H,19,21)/p-1. The normalized spacial score (nSPS) is 11.3. The molecule has 0 saturated heterocycles. The molecule has 5 nitrogen and oxygen atoms in total. The lowest BCUT2D eigenvalue weighted by Gasteiger charge is -2.11. The third-order valence-electron chi connectivity index (χ3n) is 3.09. The molecule has 0 fully saturated rings. The predicted octanol–water partition coefficient (Wildman–Crippen LogP) is 2.38. The number of benzene rings is 1. The molecular formula is C16H17N4O-. The number of aliphatic imine (C=N–C) groups is 1. The first kappa shape index (κ1) is 14.8. The second-order valence-electron chi connectivity index (χ2n) is 4.75. The molecule has 0 amide bonds. The molecule has 21 heavy (non-hydrogen) atoms. The lowest BCUT2D eigenvalue weighted by molar-refractivity contribution is -0.218. The van der Waals surface area contributed by atoms with E-state index >= 15 is 0 Å². The number of nitriles is 1. The van der Waals surface area contributed by atoms with Crippen molar-refractivity contribution in [2.24, 2.45) is 4.99 Å². The Labute approximate surface area is 124 Å². The van der Waals surface area contributed by atoms with E-state index in [9.17, 15) is 5.11 Å². The summed E-state index contributed by atoms with van der Waals surface area (Å²) >= 11 is 0. The number of rotatable bonds is 6. The highest BCUT2D eigenvalue weighted by Gasteiger charge is 2.09. The van der Waals surface area contributed by atoms with Gasteiger partial charge in [-0.1, -0.05) is 43.7 Å². The summed E-state index contributed by atoms with van der Waals surface area (Å²) in [5.74, 6) is 0.144. The SMILES string of the molecule is CCCC/C([O-])=N\c1c(C#N)ncn1Cc1ccccc1. The highest BCUT2D eigenvalue weighted by Crippen LogP contribution is 2.19. The number of imidazole rings is 1. The third-order valence-corrected chi connectivity index (χ3v) is 3.09. The summed E-state index contributed by atoms with van der Waals surface area (Å²) in [5, 5.41) is 20.9. The molecule has 0 spiro atoms. The highest BCUT2D eigenvalue weighted by molar-refractivity contribution is 5.75. The van der Waals surface area contributed by atoms with Gasteiger partial charge in [0.1, 0.15) is 6.07 Å². The van der Waals surface area contributed by atoms with Crippen LogP contribution >= 0.6 is 0 Å². The van der Waals surface area contributed by atoms with E-state index in [1.54, 1.807) is 10.9 Å². The Morgan fingerprint density at radius 1 is 1.38 bits per heavy atom. The van der Waals surface area contributed by atoms with Gasteiger partial charge >= 0.3 is 0 Å². The second kappa shape index (κ2) is 7.25. The fourth-order valence-electron chi connectivity index (χ4n) is 1.97. The zero-order valence-electron chi connectivity index (χ0n) is 12.0. The highest BCUT2D eigenvalue weighted by atomic mass is 16.3. The number of nitrogens with zero attached hydrogens (tertiary/aromatic N) is 4. The quantitative estimate of drug-likeness (QED) is 0.602. The zero-order chi connectivity index (χ0) is 15.1. The maximum absolute atomic E-state index is 11.8. The summed E-state index contributed by atoms with van der Waals surface area (Å²) in [6.07, 6.45) is 3.70. The van der Waals surface area contributed by atoms with Gasteiger partial charge in [-0.2, -0.15) is 5.26 Å². The van der Waals surface area contributed by atoms with Crippen molar-refractivity contribution in [2.75, 3.05) is 0 Å². The van der Waals surface area contributed by atoms with Crippen LogP contribution < -0.4 is 5.11 Å². The van der Waals surface area contributed by atoms with E-state index in [1.807, 2.05) is 43.3 Å². The molecule has 1 aromatic carbocycles. The van der Waals surface area contributed by atoms with Crippen molar-refractivity contribution in [2.45, 2.75) is 32.7 Å². The molecule has 5 heteroatoms. The van der Waals surface area contributed by atoms with Crippen LogP contribution in [-0.2, 0) is 6.54 Å². The van der Waals surface area contributed by atoms with Gasteiger partial charge in [-0.15, -0.1) is 0 Å². The van der Waals surface area contributed by atoms with Crippen LogP contribution in [0.3, 0.4) is 0 Å². The van der Waals surface area contributed by atoms with Crippen LogP contribution in [0.25, 0.3) is 0 Å². The average Bonchev–Trinajstić information content (AvgIpc) is 2.88. The summed E-state index contributed by atoms with van der Waals surface area (Å²) in [6.45, 7) is 2.56. The molecule has 0 radical (unpaired) electrons. The first-order valence-electron chi connectivity index (χ1n) is 6.98. The number of hydrogen-bond donors (Lipinski definition) is 0. The smallest absolute Gasteiger partial charge is 0.185 e. The Kier molecular flexibility index (Phi) is 5.10.